The van der Waals surface area contributed by atoms with Crippen LogP contribution >= 0.6 is 23.5 Å². The molecular weight excluding hydrogens is 298 g/mol. The molecule has 1 aliphatic rings. The van der Waals surface area contributed by atoms with Gasteiger partial charge in [-0.1, -0.05) is 20.8 Å². The minimum Gasteiger partial charge on any atom is -0.313 e. The van der Waals surface area contributed by atoms with Crippen molar-refractivity contribution >= 4 is 23.5 Å². The molecule has 0 aromatic carbocycles. The Labute approximate surface area is 138 Å². The Morgan fingerprint density at radius 3 is 2.86 bits per heavy atom. The third-order valence-electron chi connectivity index (χ3n) is 4.31. The number of aromatic nitrogens is 2. The molecule has 0 spiro atoms. The molecule has 0 radical (unpaired) electrons. The number of nitrogens with zero attached hydrogens (tertiary/aromatic N) is 2. The highest BCUT2D eigenvalue weighted by Crippen LogP contribution is 2.37. The van der Waals surface area contributed by atoms with E-state index >= 15 is 0 Å². The number of rotatable bonds is 7. The highest BCUT2D eigenvalue weighted by Gasteiger charge is 2.30. The molecular formula is C16H29N3S2. The molecule has 0 aliphatic carbocycles. The van der Waals surface area contributed by atoms with Gasteiger partial charge in [0.05, 0.1) is 0 Å². The maximum atomic E-state index is 4.28. The molecule has 1 N–H and O–H groups in total. The summed E-state index contributed by atoms with van der Waals surface area (Å²) in [4.78, 5) is 0. The molecule has 0 amide bonds. The largest absolute Gasteiger partial charge is 0.313 e. The molecule has 1 saturated heterocycles. The van der Waals surface area contributed by atoms with E-state index in [2.05, 4.69) is 60.8 Å². The molecule has 2 heterocycles. The topological polar surface area (TPSA) is 29.9 Å². The van der Waals surface area contributed by atoms with Crippen LogP contribution in [0.1, 0.15) is 39.3 Å². The first-order valence-electron chi connectivity index (χ1n) is 8.09. The summed E-state index contributed by atoms with van der Waals surface area (Å²) in [5.41, 5.74) is 1.34. The predicted octanol–water partition coefficient (Wildman–Crippen LogP) is 3.35. The van der Waals surface area contributed by atoms with Crippen molar-refractivity contribution in [1.29, 1.82) is 0 Å². The van der Waals surface area contributed by atoms with E-state index in [-0.39, 0.29) is 0 Å². The number of nitrogens with one attached hydrogen (secondary N) is 1. The summed E-state index contributed by atoms with van der Waals surface area (Å²) in [5, 5.41) is 10.4. The highest BCUT2D eigenvalue weighted by atomic mass is 32.2. The molecule has 21 heavy (non-hydrogen) atoms. The molecule has 120 valence electrons. The summed E-state index contributed by atoms with van der Waals surface area (Å²) in [6.45, 7) is 8.12. The Morgan fingerprint density at radius 2 is 2.24 bits per heavy atom. The van der Waals surface area contributed by atoms with Crippen LogP contribution in [0, 0.1) is 0 Å². The van der Waals surface area contributed by atoms with Gasteiger partial charge < -0.3 is 5.32 Å². The van der Waals surface area contributed by atoms with Crippen LogP contribution < -0.4 is 5.32 Å². The van der Waals surface area contributed by atoms with Gasteiger partial charge in [-0.05, 0) is 31.9 Å². The molecule has 1 aromatic rings. The van der Waals surface area contributed by atoms with Crippen LogP contribution in [-0.2, 0) is 13.5 Å². The van der Waals surface area contributed by atoms with Gasteiger partial charge in [-0.15, -0.1) is 0 Å². The zero-order chi connectivity index (χ0) is 15.2. The first-order valence-corrected chi connectivity index (χ1v) is 10.1. The van der Waals surface area contributed by atoms with Crippen LogP contribution in [0.15, 0.2) is 12.3 Å². The summed E-state index contributed by atoms with van der Waals surface area (Å²) in [7, 11) is 2.04. The molecule has 4 atom stereocenters. The lowest BCUT2D eigenvalue weighted by molar-refractivity contribution is 0.471. The lowest BCUT2D eigenvalue weighted by Gasteiger charge is -2.36. The Hall–Kier alpha value is -0.130. The normalized spacial score (nSPS) is 27.7. The van der Waals surface area contributed by atoms with Crippen molar-refractivity contribution in [3.8, 4) is 0 Å². The fourth-order valence-corrected chi connectivity index (χ4v) is 5.89. The second-order valence-electron chi connectivity index (χ2n) is 5.96. The molecule has 5 heteroatoms. The van der Waals surface area contributed by atoms with Gasteiger partial charge in [0.2, 0.25) is 0 Å². The summed E-state index contributed by atoms with van der Waals surface area (Å²) in [5.74, 6) is 1.28. The lowest BCUT2D eigenvalue weighted by atomic mass is 10.1. The van der Waals surface area contributed by atoms with Crippen molar-refractivity contribution in [2.24, 2.45) is 7.05 Å². The average molecular weight is 328 g/mol. The molecule has 4 unspecified atom stereocenters. The van der Waals surface area contributed by atoms with Crippen LogP contribution in [0.25, 0.3) is 0 Å². The minimum atomic E-state index is 0.618. The maximum Gasteiger partial charge on any atom is 0.0492 e. The summed E-state index contributed by atoms with van der Waals surface area (Å²) < 4.78 is 2.00. The fraction of sp³-hybridized carbons (Fsp3) is 0.812. The van der Waals surface area contributed by atoms with Gasteiger partial charge in [-0.25, -0.2) is 0 Å². The second kappa shape index (κ2) is 8.49. The van der Waals surface area contributed by atoms with E-state index in [1.165, 1.54) is 24.3 Å². The Balaban J connectivity index is 1.92. The molecule has 2 rings (SSSR count). The zero-order valence-corrected chi connectivity index (χ0v) is 15.3. The van der Waals surface area contributed by atoms with Gasteiger partial charge >= 0.3 is 0 Å². The Morgan fingerprint density at radius 1 is 1.43 bits per heavy atom. The van der Waals surface area contributed by atoms with Crippen LogP contribution in [-0.4, -0.2) is 43.9 Å². The van der Waals surface area contributed by atoms with Crippen molar-refractivity contribution in [2.45, 2.75) is 61.8 Å². The van der Waals surface area contributed by atoms with E-state index < -0.39 is 0 Å². The fourth-order valence-electron chi connectivity index (χ4n) is 2.72. The summed E-state index contributed by atoms with van der Waals surface area (Å²) >= 11 is 4.33. The monoisotopic (exact) mass is 327 g/mol. The Kier molecular flexibility index (Phi) is 6.96. The maximum absolute atomic E-state index is 4.28. The van der Waals surface area contributed by atoms with E-state index in [4.69, 9.17) is 0 Å². The molecule has 1 aromatic heterocycles. The van der Waals surface area contributed by atoms with Gasteiger partial charge in [0.15, 0.2) is 0 Å². The average Bonchev–Trinajstić information content (AvgIpc) is 2.88. The molecule has 0 bridgehead atoms. The third-order valence-corrected chi connectivity index (χ3v) is 7.86. The molecule has 1 fully saturated rings. The lowest BCUT2D eigenvalue weighted by Crippen LogP contribution is -2.44. The Bertz CT molecular complexity index is 421. The van der Waals surface area contributed by atoms with Crippen molar-refractivity contribution in [1.82, 2.24) is 15.1 Å². The van der Waals surface area contributed by atoms with Gasteiger partial charge in [-0.3, -0.25) is 4.68 Å². The minimum absolute atomic E-state index is 0.618. The van der Waals surface area contributed by atoms with Crippen LogP contribution in [0.3, 0.4) is 0 Å². The van der Waals surface area contributed by atoms with Crippen molar-refractivity contribution in [3.63, 3.8) is 0 Å². The van der Waals surface area contributed by atoms with Crippen LogP contribution in [0.5, 0.6) is 0 Å². The van der Waals surface area contributed by atoms with Crippen molar-refractivity contribution in [3.05, 3.63) is 18.0 Å². The second-order valence-corrected chi connectivity index (χ2v) is 9.00. The van der Waals surface area contributed by atoms with E-state index in [9.17, 15) is 0 Å². The standard InChI is InChI=1S/C16H29N3S2/c1-5-9-17-15(7-6-14-8-10-18-19(14)4)16-11-20-12(2)13(3)21-16/h8,10,12-13,15-17H,5-7,9,11H2,1-4H3. The molecule has 1 aliphatic heterocycles. The quantitative estimate of drug-likeness (QED) is 0.832. The number of aryl methyl sites for hydroxylation is 2. The molecule has 0 saturated carbocycles. The van der Waals surface area contributed by atoms with Gasteiger partial charge in [0.25, 0.3) is 0 Å². The SMILES string of the molecule is CCCNC(CCc1ccnn1C)C1CSC(C)C(C)S1. The summed E-state index contributed by atoms with van der Waals surface area (Å²) in [6, 6.07) is 2.76. The van der Waals surface area contributed by atoms with Crippen molar-refractivity contribution in [2.75, 3.05) is 12.3 Å². The van der Waals surface area contributed by atoms with E-state index in [1.54, 1.807) is 0 Å². The van der Waals surface area contributed by atoms with E-state index in [1.807, 2.05) is 17.9 Å². The number of thioether (sulfide) groups is 2. The number of hydrogen-bond acceptors (Lipinski definition) is 4. The first kappa shape index (κ1) is 17.2. The van der Waals surface area contributed by atoms with Gasteiger partial charge in [0.1, 0.15) is 0 Å². The van der Waals surface area contributed by atoms with Crippen LogP contribution in [0.2, 0.25) is 0 Å². The third kappa shape index (κ3) is 4.93. The van der Waals surface area contributed by atoms with Crippen molar-refractivity contribution < 1.29 is 0 Å². The van der Waals surface area contributed by atoms with E-state index in [0.29, 0.717) is 6.04 Å². The smallest absolute Gasteiger partial charge is 0.0492 e. The highest BCUT2D eigenvalue weighted by molar-refractivity contribution is 8.07. The number of hydrogen-bond donors (Lipinski definition) is 1. The predicted molar refractivity (Wildman–Crippen MR) is 96.4 cm³/mol. The van der Waals surface area contributed by atoms with Gasteiger partial charge in [0, 0.05) is 46.5 Å². The molecule has 3 nitrogen and oxygen atoms in total. The van der Waals surface area contributed by atoms with E-state index in [0.717, 1.165) is 28.7 Å². The van der Waals surface area contributed by atoms with Crippen LogP contribution in [0.4, 0.5) is 0 Å². The first-order chi connectivity index (χ1) is 10.1. The summed E-state index contributed by atoms with van der Waals surface area (Å²) in [6.07, 6.45) is 5.43. The zero-order valence-electron chi connectivity index (χ0n) is 13.7. The van der Waals surface area contributed by atoms with Gasteiger partial charge in [-0.2, -0.15) is 28.6 Å².